The third-order valence-electron chi connectivity index (χ3n) is 2.12. The van der Waals surface area contributed by atoms with E-state index >= 15 is 0 Å². The minimum absolute atomic E-state index is 0.638. The highest BCUT2D eigenvalue weighted by Gasteiger charge is 2.15. The van der Waals surface area contributed by atoms with Crippen molar-refractivity contribution >= 4 is 0 Å². The van der Waals surface area contributed by atoms with Gasteiger partial charge in [-0.2, -0.15) is 0 Å². The van der Waals surface area contributed by atoms with Gasteiger partial charge in [0, 0.05) is 12.5 Å². The second kappa shape index (κ2) is 2.45. The number of rotatable bonds is 0. The normalized spacial score (nSPS) is 29.6. The summed E-state index contributed by atoms with van der Waals surface area (Å²) in [4.78, 5) is 0. The Balaban J connectivity index is 2.24. The smallest absolute Gasteiger partial charge is 0.0181 e. The maximum Gasteiger partial charge on any atom is 0.0181 e. The lowest BCUT2D eigenvalue weighted by Crippen LogP contribution is -2.30. The van der Waals surface area contributed by atoms with Crippen molar-refractivity contribution in [3.8, 4) is 0 Å². The van der Waals surface area contributed by atoms with Crippen LogP contribution in [0.3, 0.4) is 0 Å². The molecule has 2 rings (SSSR count). The molecule has 1 fully saturated rings. The number of piperidine rings is 1. The van der Waals surface area contributed by atoms with Crippen molar-refractivity contribution in [2.45, 2.75) is 6.42 Å². The van der Waals surface area contributed by atoms with Gasteiger partial charge in [-0.15, -0.1) is 5.73 Å². The standard InChI is InChI=1S/C9H11N/c1-2-4-9-7-10-6-5-8(9)3-1/h1,3-4,9-10H,5-7H2. The van der Waals surface area contributed by atoms with Crippen molar-refractivity contribution in [2.75, 3.05) is 13.1 Å². The quantitative estimate of drug-likeness (QED) is 0.490. The maximum atomic E-state index is 3.36. The van der Waals surface area contributed by atoms with Gasteiger partial charge < -0.3 is 5.32 Å². The summed E-state index contributed by atoms with van der Waals surface area (Å²) in [6, 6.07) is 0. The van der Waals surface area contributed by atoms with E-state index in [0.29, 0.717) is 5.92 Å². The van der Waals surface area contributed by atoms with Gasteiger partial charge in [0.05, 0.1) is 0 Å². The van der Waals surface area contributed by atoms with Crippen LogP contribution in [0.1, 0.15) is 6.42 Å². The predicted octanol–water partition coefficient (Wildman–Crippen LogP) is 1.25. The van der Waals surface area contributed by atoms with E-state index in [2.05, 4.69) is 23.2 Å². The molecular weight excluding hydrogens is 122 g/mol. The molecule has 0 aromatic carbocycles. The van der Waals surface area contributed by atoms with Crippen molar-refractivity contribution in [1.29, 1.82) is 0 Å². The molecule has 1 nitrogen and oxygen atoms in total. The van der Waals surface area contributed by atoms with Crippen LogP contribution in [0.2, 0.25) is 0 Å². The minimum atomic E-state index is 0.638. The van der Waals surface area contributed by atoms with Gasteiger partial charge >= 0.3 is 0 Å². The first kappa shape index (κ1) is 5.96. The van der Waals surface area contributed by atoms with E-state index in [0.717, 1.165) is 13.1 Å². The van der Waals surface area contributed by atoms with Gasteiger partial charge in [0.2, 0.25) is 0 Å². The van der Waals surface area contributed by atoms with Gasteiger partial charge in [-0.05, 0) is 25.1 Å². The minimum Gasteiger partial charge on any atom is -0.315 e. The zero-order valence-electron chi connectivity index (χ0n) is 5.93. The predicted molar refractivity (Wildman–Crippen MR) is 41.7 cm³/mol. The van der Waals surface area contributed by atoms with Crippen molar-refractivity contribution in [3.63, 3.8) is 0 Å². The Kier molecular flexibility index (Phi) is 1.46. The van der Waals surface area contributed by atoms with Crippen LogP contribution in [-0.4, -0.2) is 13.1 Å². The molecule has 1 heterocycles. The fourth-order valence-electron chi connectivity index (χ4n) is 1.51. The molecule has 2 aliphatic rings. The van der Waals surface area contributed by atoms with Crippen LogP contribution < -0.4 is 5.32 Å². The Morgan fingerprint density at radius 3 is 3.50 bits per heavy atom. The molecule has 1 aliphatic carbocycles. The van der Waals surface area contributed by atoms with Crippen LogP contribution in [-0.2, 0) is 0 Å². The Bertz CT molecular complexity index is 219. The first-order valence-electron chi connectivity index (χ1n) is 3.79. The van der Waals surface area contributed by atoms with E-state index in [1.807, 2.05) is 6.08 Å². The SMILES string of the molecule is C1=CC=C2CCNCC2C=1. The van der Waals surface area contributed by atoms with Crippen molar-refractivity contribution in [2.24, 2.45) is 5.92 Å². The molecule has 1 heteroatoms. The number of allylic oxidation sites excluding steroid dienone is 1. The van der Waals surface area contributed by atoms with E-state index in [4.69, 9.17) is 0 Å². The summed E-state index contributed by atoms with van der Waals surface area (Å²) in [7, 11) is 0. The summed E-state index contributed by atoms with van der Waals surface area (Å²) >= 11 is 0. The highest BCUT2D eigenvalue weighted by Crippen LogP contribution is 2.20. The van der Waals surface area contributed by atoms with E-state index in [1.54, 1.807) is 5.57 Å². The molecule has 1 aliphatic heterocycles. The third-order valence-corrected chi connectivity index (χ3v) is 2.12. The molecule has 0 aromatic heterocycles. The van der Waals surface area contributed by atoms with Crippen LogP contribution >= 0.6 is 0 Å². The summed E-state index contributed by atoms with van der Waals surface area (Å²) in [6.45, 7) is 2.25. The van der Waals surface area contributed by atoms with Gasteiger partial charge in [0.25, 0.3) is 0 Å². The van der Waals surface area contributed by atoms with E-state index in [9.17, 15) is 0 Å². The van der Waals surface area contributed by atoms with E-state index < -0.39 is 0 Å². The summed E-state index contributed by atoms with van der Waals surface area (Å²) < 4.78 is 0. The van der Waals surface area contributed by atoms with Crippen LogP contribution in [0.5, 0.6) is 0 Å². The second-order valence-electron chi connectivity index (χ2n) is 2.80. The van der Waals surface area contributed by atoms with Crippen LogP contribution in [0.25, 0.3) is 0 Å². The Labute approximate surface area is 61.1 Å². The molecule has 0 radical (unpaired) electrons. The van der Waals surface area contributed by atoms with Gasteiger partial charge in [-0.1, -0.05) is 11.6 Å². The Morgan fingerprint density at radius 1 is 1.60 bits per heavy atom. The third kappa shape index (κ3) is 0.942. The first-order valence-corrected chi connectivity index (χ1v) is 3.79. The van der Waals surface area contributed by atoms with Crippen LogP contribution in [0, 0.1) is 5.92 Å². The fraction of sp³-hybridized carbons (Fsp3) is 0.444. The highest BCUT2D eigenvalue weighted by atomic mass is 14.9. The Hall–Kier alpha value is -0.780. The van der Waals surface area contributed by atoms with Gasteiger partial charge in [-0.25, -0.2) is 0 Å². The number of nitrogens with one attached hydrogen (secondary N) is 1. The van der Waals surface area contributed by atoms with Crippen molar-refractivity contribution < 1.29 is 0 Å². The van der Waals surface area contributed by atoms with E-state index in [-0.39, 0.29) is 0 Å². The lowest BCUT2D eigenvalue weighted by Gasteiger charge is -2.23. The second-order valence-corrected chi connectivity index (χ2v) is 2.80. The fourth-order valence-corrected chi connectivity index (χ4v) is 1.51. The molecular formula is C9H11N. The zero-order chi connectivity index (χ0) is 6.81. The average molecular weight is 133 g/mol. The molecule has 1 N–H and O–H groups in total. The van der Waals surface area contributed by atoms with Crippen molar-refractivity contribution in [3.05, 3.63) is 29.5 Å². The lowest BCUT2D eigenvalue weighted by atomic mass is 9.91. The summed E-state index contributed by atoms with van der Waals surface area (Å²) in [5.74, 6) is 0.638. The van der Waals surface area contributed by atoms with Crippen LogP contribution in [0.4, 0.5) is 0 Å². The molecule has 0 spiro atoms. The zero-order valence-corrected chi connectivity index (χ0v) is 5.93. The summed E-state index contributed by atoms with van der Waals surface area (Å²) in [5, 5.41) is 3.36. The first-order chi connectivity index (χ1) is 4.97. The molecule has 0 saturated carbocycles. The molecule has 1 atom stereocenters. The van der Waals surface area contributed by atoms with Gasteiger partial charge in [0.1, 0.15) is 0 Å². The van der Waals surface area contributed by atoms with Crippen molar-refractivity contribution in [1.82, 2.24) is 5.32 Å². The number of hydrogen-bond acceptors (Lipinski definition) is 1. The molecule has 52 valence electrons. The number of hydrogen-bond donors (Lipinski definition) is 1. The van der Waals surface area contributed by atoms with Crippen LogP contribution in [0.15, 0.2) is 29.5 Å². The molecule has 0 bridgehead atoms. The lowest BCUT2D eigenvalue weighted by molar-refractivity contribution is 0.534. The summed E-state index contributed by atoms with van der Waals surface area (Å²) in [6.07, 6.45) is 7.57. The molecule has 0 amide bonds. The van der Waals surface area contributed by atoms with E-state index in [1.165, 1.54) is 6.42 Å². The van der Waals surface area contributed by atoms with Gasteiger partial charge in [0.15, 0.2) is 0 Å². The number of fused-ring (bicyclic) bond motifs is 1. The molecule has 1 saturated heterocycles. The topological polar surface area (TPSA) is 12.0 Å². The maximum absolute atomic E-state index is 3.36. The Morgan fingerprint density at radius 2 is 2.60 bits per heavy atom. The average Bonchev–Trinajstić information content (AvgIpc) is 2.05. The molecule has 0 aromatic rings. The monoisotopic (exact) mass is 133 g/mol. The highest BCUT2D eigenvalue weighted by molar-refractivity contribution is 5.25. The molecule has 10 heavy (non-hydrogen) atoms. The largest absolute Gasteiger partial charge is 0.315 e. The molecule has 1 unspecified atom stereocenters. The van der Waals surface area contributed by atoms with Gasteiger partial charge in [-0.3, -0.25) is 0 Å². The summed E-state index contributed by atoms with van der Waals surface area (Å²) in [5.41, 5.74) is 4.68.